The number of aryl methyl sites for hydroxylation is 1. The Morgan fingerprint density at radius 3 is 2.89 bits per heavy atom. The fourth-order valence-corrected chi connectivity index (χ4v) is 2.84. The molecule has 1 aromatic carbocycles. The zero-order chi connectivity index (χ0) is 13.8. The Hall–Kier alpha value is -0.970. The molecule has 0 spiro atoms. The van der Waals surface area contributed by atoms with Gasteiger partial charge in [0.25, 0.3) is 0 Å². The second-order valence-electron chi connectivity index (χ2n) is 5.34. The molecule has 1 aliphatic rings. The number of halogens is 1. The maximum Gasteiger partial charge on any atom is 0.123 e. The van der Waals surface area contributed by atoms with E-state index in [1.54, 1.807) is 13.0 Å². The van der Waals surface area contributed by atoms with Crippen molar-refractivity contribution < 1.29 is 14.6 Å². The summed E-state index contributed by atoms with van der Waals surface area (Å²) in [6.07, 6.45) is 2.58. The molecular weight excluding hydrogens is 245 g/mol. The molecule has 0 radical (unpaired) electrons. The fourth-order valence-electron chi connectivity index (χ4n) is 2.84. The molecule has 2 atom stereocenters. The zero-order valence-corrected chi connectivity index (χ0v) is 11.3. The summed E-state index contributed by atoms with van der Waals surface area (Å²) in [4.78, 5) is 2.14. The van der Waals surface area contributed by atoms with Gasteiger partial charge in [-0.2, -0.15) is 0 Å². The van der Waals surface area contributed by atoms with Crippen LogP contribution in [0.3, 0.4) is 0 Å². The van der Waals surface area contributed by atoms with Gasteiger partial charge in [0.2, 0.25) is 0 Å². The van der Waals surface area contributed by atoms with E-state index in [0.29, 0.717) is 6.54 Å². The molecule has 1 aliphatic heterocycles. The molecule has 0 amide bonds. The van der Waals surface area contributed by atoms with Crippen LogP contribution in [0.25, 0.3) is 0 Å². The maximum atomic E-state index is 13.1. The lowest BCUT2D eigenvalue weighted by Gasteiger charge is -2.36. The average Bonchev–Trinajstić information content (AvgIpc) is 2.39. The maximum absolute atomic E-state index is 13.1. The average molecular weight is 267 g/mol. The van der Waals surface area contributed by atoms with Gasteiger partial charge in [-0.1, -0.05) is 12.5 Å². The lowest BCUT2D eigenvalue weighted by atomic mass is 9.99. The van der Waals surface area contributed by atoms with Crippen LogP contribution in [-0.2, 0) is 0 Å². The number of piperidine rings is 1. The van der Waals surface area contributed by atoms with Crippen molar-refractivity contribution in [1.29, 1.82) is 0 Å². The second-order valence-corrected chi connectivity index (χ2v) is 5.34. The predicted octanol–water partition coefficient (Wildman–Crippen LogP) is 2.01. The van der Waals surface area contributed by atoms with Crippen LogP contribution in [0.4, 0.5) is 4.39 Å². The molecule has 3 nitrogen and oxygen atoms in total. The molecule has 0 saturated carbocycles. The molecule has 1 unspecified atom stereocenters. The van der Waals surface area contributed by atoms with Crippen molar-refractivity contribution in [1.82, 2.24) is 4.90 Å². The van der Waals surface area contributed by atoms with Gasteiger partial charge in [-0.05, 0) is 49.6 Å². The molecule has 19 heavy (non-hydrogen) atoms. The van der Waals surface area contributed by atoms with Gasteiger partial charge in [-0.15, -0.1) is 0 Å². The molecule has 106 valence electrons. The summed E-state index contributed by atoms with van der Waals surface area (Å²) in [7, 11) is 0. The summed E-state index contributed by atoms with van der Waals surface area (Å²) in [6, 6.07) is 4.61. The first-order valence-electron chi connectivity index (χ1n) is 6.91. The number of aliphatic hydroxyl groups is 2. The van der Waals surface area contributed by atoms with E-state index in [2.05, 4.69) is 4.90 Å². The highest BCUT2D eigenvalue weighted by Crippen LogP contribution is 2.23. The first kappa shape index (κ1) is 14.4. The summed E-state index contributed by atoms with van der Waals surface area (Å²) >= 11 is 0. The molecule has 1 fully saturated rings. The molecular formula is C15H22FNO2. The Bertz CT molecular complexity index is 425. The first-order chi connectivity index (χ1) is 9.11. The molecule has 2 N–H and O–H groups in total. The molecule has 1 aromatic rings. The zero-order valence-electron chi connectivity index (χ0n) is 11.3. The van der Waals surface area contributed by atoms with Crippen molar-refractivity contribution in [2.24, 2.45) is 0 Å². The first-order valence-corrected chi connectivity index (χ1v) is 6.91. The van der Waals surface area contributed by atoms with Crippen molar-refractivity contribution in [3.05, 3.63) is 35.1 Å². The Kier molecular flexibility index (Phi) is 4.91. The molecule has 1 heterocycles. The molecule has 1 saturated heterocycles. The third-order valence-corrected chi connectivity index (χ3v) is 3.96. The van der Waals surface area contributed by atoms with Crippen LogP contribution in [0.5, 0.6) is 0 Å². The van der Waals surface area contributed by atoms with Crippen molar-refractivity contribution in [2.75, 3.05) is 19.7 Å². The predicted molar refractivity (Wildman–Crippen MR) is 72.4 cm³/mol. The lowest BCUT2D eigenvalue weighted by molar-refractivity contribution is 0.0415. The Balaban J connectivity index is 2.05. The number of β-amino-alcohol motifs (C(OH)–C–C–N with tert-alkyl or cyclic N) is 1. The van der Waals surface area contributed by atoms with Crippen molar-refractivity contribution in [2.45, 2.75) is 38.3 Å². The Morgan fingerprint density at radius 1 is 1.42 bits per heavy atom. The van der Waals surface area contributed by atoms with E-state index in [1.165, 1.54) is 12.1 Å². The van der Waals surface area contributed by atoms with Gasteiger partial charge in [0.1, 0.15) is 5.82 Å². The number of likely N-dealkylation sites (tertiary alicyclic amines) is 1. The molecule has 0 aliphatic carbocycles. The summed E-state index contributed by atoms with van der Waals surface area (Å²) in [5, 5.41) is 19.7. The number of hydrogen-bond acceptors (Lipinski definition) is 3. The van der Waals surface area contributed by atoms with E-state index < -0.39 is 6.10 Å². The quantitative estimate of drug-likeness (QED) is 0.877. The van der Waals surface area contributed by atoms with Gasteiger partial charge in [-0.25, -0.2) is 4.39 Å². The van der Waals surface area contributed by atoms with Crippen LogP contribution in [-0.4, -0.2) is 40.9 Å². The normalized spacial score (nSPS) is 22.4. The van der Waals surface area contributed by atoms with Crippen molar-refractivity contribution in [3.63, 3.8) is 0 Å². The minimum Gasteiger partial charge on any atom is -0.395 e. The Morgan fingerprint density at radius 2 is 2.21 bits per heavy atom. The summed E-state index contributed by atoms with van der Waals surface area (Å²) in [5.74, 6) is -0.278. The number of nitrogens with zero attached hydrogens (tertiary/aromatic N) is 1. The van der Waals surface area contributed by atoms with Gasteiger partial charge in [0.05, 0.1) is 12.7 Å². The van der Waals surface area contributed by atoms with Crippen LogP contribution in [0.1, 0.15) is 36.5 Å². The smallest absolute Gasteiger partial charge is 0.123 e. The number of aliphatic hydroxyl groups excluding tert-OH is 2. The third kappa shape index (κ3) is 3.53. The number of rotatable bonds is 4. The lowest BCUT2D eigenvalue weighted by Crippen LogP contribution is -2.43. The van der Waals surface area contributed by atoms with Crippen LogP contribution < -0.4 is 0 Å². The van der Waals surface area contributed by atoms with E-state index in [9.17, 15) is 14.6 Å². The van der Waals surface area contributed by atoms with Crippen LogP contribution in [0.15, 0.2) is 18.2 Å². The van der Waals surface area contributed by atoms with E-state index in [-0.39, 0.29) is 18.5 Å². The van der Waals surface area contributed by atoms with E-state index in [0.717, 1.165) is 36.9 Å². The van der Waals surface area contributed by atoms with Gasteiger partial charge >= 0.3 is 0 Å². The minimum absolute atomic E-state index is 0.134. The monoisotopic (exact) mass is 267 g/mol. The third-order valence-electron chi connectivity index (χ3n) is 3.96. The highest BCUT2D eigenvalue weighted by molar-refractivity contribution is 5.28. The van der Waals surface area contributed by atoms with Crippen LogP contribution in [0, 0.1) is 12.7 Å². The highest BCUT2D eigenvalue weighted by Gasteiger charge is 2.24. The summed E-state index contributed by atoms with van der Waals surface area (Å²) in [6.45, 7) is 3.34. The number of benzene rings is 1. The largest absolute Gasteiger partial charge is 0.395 e. The molecule has 4 heteroatoms. The van der Waals surface area contributed by atoms with E-state index in [1.807, 2.05) is 0 Å². The summed E-state index contributed by atoms with van der Waals surface area (Å²) < 4.78 is 13.1. The van der Waals surface area contributed by atoms with Gasteiger partial charge in [0.15, 0.2) is 0 Å². The second kappa shape index (κ2) is 6.46. The SMILES string of the molecule is Cc1cc(F)ccc1C(O)CN1CCCC[C@@H]1CO. The summed E-state index contributed by atoms with van der Waals surface area (Å²) in [5.41, 5.74) is 1.54. The van der Waals surface area contributed by atoms with Gasteiger partial charge in [0, 0.05) is 12.6 Å². The molecule has 0 bridgehead atoms. The standard InChI is InChI=1S/C15H22FNO2/c1-11-8-12(16)5-6-14(11)15(19)9-17-7-3-2-4-13(17)10-18/h5-6,8,13,15,18-19H,2-4,7,9-10H2,1H3/t13-,15?/m1/s1. The fraction of sp³-hybridized carbons (Fsp3) is 0.600. The van der Waals surface area contributed by atoms with Crippen LogP contribution >= 0.6 is 0 Å². The number of hydrogen-bond donors (Lipinski definition) is 2. The van der Waals surface area contributed by atoms with Crippen LogP contribution in [0.2, 0.25) is 0 Å². The van der Waals surface area contributed by atoms with Crippen molar-refractivity contribution in [3.8, 4) is 0 Å². The van der Waals surface area contributed by atoms with Gasteiger partial charge < -0.3 is 10.2 Å². The Labute approximate surface area is 113 Å². The topological polar surface area (TPSA) is 43.7 Å². The van der Waals surface area contributed by atoms with Gasteiger partial charge in [-0.3, -0.25) is 4.90 Å². The molecule has 2 rings (SSSR count). The van der Waals surface area contributed by atoms with Crippen molar-refractivity contribution >= 4 is 0 Å². The van der Waals surface area contributed by atoms with E-state index in [4.69, 9.17) is 0 Å². The van der Waals surface area contributed by atoms with E-state index >= 15 is 0 Å². The minimum atomic E-state index is -0.632. The highest BCUT2D eigenvalue weighted by atomic mass is 19.1. The molecule has 0 aromatic heterocycles.